The van der Waals surface area contributed by atoms with Gasteiger partial charge in [0.25, 0.3) is 11.5 Å². The summed E-state index contributed by atoms with van der Waals surface area (Å²) >= 11 is 0. The fourth-order valence-corrected chi connectivity index (χ4v) is 4.87. The number of aryl methyl sites for hydroxylation is 1. The molecule has 10 nitrogen and oxygen atoms in total. The second-order valence-electron chi connectivity index (χ2n) is 9.27. The standard InChI is InChI=1S/C29H26N6O4S/c1-19(33-28(36)25-20(2)31-18-34-16-15-30-27(25)34)24-17-22-10-7-9-21(11-8-14-32-40(3,38)39)26(22)29(37)35(24)23-12-5-4-6-13-23/h4-7,9-10,12-13,15-19,32H,14H2,1-3H3,(H,33,36)/t19-/m0/s1. The van der Waals surface area contributed by atoms with Crippen molar-refractivity contribution in [3.05, 3.63) is 106 Å². The number of nitrogens with zero attached hydrogens (tertiary/aromatic N) is 4. The number of para-hydroxylation sites is 1. The molecule has 0 unspecified atom stereocenters. The van der Waals surface area contributed by atoms with E-state index in [9.17, 15) is 18.0 Å². The number of hydrogen-bond acceptors (Lipinski definition) is 6. The third-order valence-electron chi connectivity index (χ3n) is 6.38. The molecule has 0 spiro atoms. The molecular formula is C29H26N6O4S. The predicted molar refractivity (Wildman–Crippen MR) is 153 cm³/mol. The maximum Gasteiger partial charge on any atom is 0.264 e. The van der Waals surface area contributed by atoms with Crippen LogP contribution in [-0.4, -0.2) is 46.1 Å². The Hall–Kier alpha value is -4.79. The molecule has 5 rings (SSSR count). The van der Waals surface area contributed by atoms with Crippen LogP contribution < -0.4 is 15.6 Å². The largest absolute Gasteiger partial charge is 0.344 e. The van der Waals surface area contributed by atoms with E-state index < -0.39 is 16.1 Å². The summed E-state index contributed by atoms with van der Waals surface area (Å²) in [6.07, 6.45) is 5.98. The molecule has 40 heavy (non-hydrogen) atoms. The summed E-state index contributed by atoms with van der Waals surface area (Å²) in [5.41, 5.74) is 2.74. The first-order valence-electron chi connectivity index (χ1n) is 12.4. The molecule has 0 aliphatic carbocycles. The number of imidazole rings is 1. The summed E-state index contributed by atoms with van der Waals surface area (Å²) < 4.78 is 28.3. The molecule has 0 fully saturated rings. The van der Waals surface area contributed by atoms with Crippen LogP contribution in [-0.2, 0) is 10.0 Å². The van der Waals surface area contributed by atoms with Crippen molar-refractivity contribution in [1.82, 2.24) is 29.0 Å². The fourth-order valence-electron chi connectivity index (χ4n) is 4.54. The Labute approximate surface area is 230 Å². The molecule has 3 aromatic heterocycles. The molecule has 5 aromatic rings. The van der Waals surface area contributed by atoms with Crippen molar-refractivity contribution in [2.24, 2.45) is 0 Å². The van der Waals surface area contributed by atoms with Crippen LogP contribution in [0.2, 0.25) is 0 Å². The zero-order chi connectivity index (χ0) is 28.4. The van der Waals surface area contributed by atoms with Crippen LogP contribution in [0.15, 0.2) is 78.1 Å². The lowest BCUT2D eigenvalue weighted by molar-refractivity contribution is 0.0938. The van der Waals surface area contributed by atoms with E-state index in [1.54, 1.807) is 46.7 Å². The van der Waals surface area contributed by atoms with Gasteiger partial charge < -0.3 is 5.32 Å². The fraction of sp³-hybridized carbons (Fsp3) is 0.172. The van der Waals surface area contributed by atoms with Gasteiger partial charge in [-0.3, -0.25) is 18.6 Å². The second-order valence-corrected chi connectivity index (χ2v) is 11.1. The lowest BCUT2D eigenvalue weighted by Gasteiger charge is -2.21. The van der Waals surface area contributed by atoms with Gasteiger partial charge in [0, 0.05) is 29.3 Å². The highest BCUT2D eigenvalue weighted by Crippen LogP contribution is 2.24. The second kappa shape index (κ2) is 10.8. The molecule has 0 saturated carbocycles. The zero-order valence-electron chi connectivity index (χ0n) is 22.0. The van der Waals surface area contributed by atoms with Crippen LogP contribution in [0.25, 0.3) is 22.1 Å². The zero-order valence-corrected chi connectivity index (χ0v) is 22.9. The van der Waals surface area contributed by atoms with E-state index in [0.29, 0.717) is 44.6 Å². The number of sulfonamides is 1. The normalized spacial score (nSPS) is 12.2. The molecule has 11 heteroatoms. The molecule has 202 valence electrons. The van der Waals surface area contributed by atoms with Gasteiger partial charge in [0.15, 0.2) is 5.65 Å². The monoisotopic (exact) mass is 554 g/mol. The van der Waals surface area contributed by atoms with Crippen molar-refractivity contribution >= 4 is 32.4 Å². The highest BCUT2D eigenvalue weighted by Gasteiger charge is 2.22. The Balaban J connectivity index is 1.61. The first-order chi connectivity index (χ1) is 19.1. The van der Waals surface area contributed by atoms with Crippen LogP contribution in [0.3, 0.4) is 0 Å². The number of aromatic nitrogens is 4. The van der Waals surface area contributed by atoms with Crippen molar-refractivity contribution in [3.8, 4) is 17.5 Å². The van der Waals surface area contributed by atoms with Crippen molar-refractivity contribution in [1.29, 1.82) is 0 Å². The Morgan fingerprint density at radius 2 is 1.88 bits per heavy atom. The van der Waals surface area contributed by atoms with Gasteiger partial charge in [-0.25, -0.2) is 23.1 Å². The molecule has 0 saturated heterocycles. The first-order valence-corrected chi connectivity index (χ1v) is 14.3. The molecule has 1 amide bonds. The Bertz CT molecular complexity index is 1990. The third kappa shape index (κ3) is 5.36. The van der Waals surface area contributed by atoms with Crippen LogP contribution >= 0.6 is 0 Å². The minimum Gasteiger partial charge on any atom is -0.344 e. The topological polar surface area (TPSA) is 127 Å². The van der Waals surface area contributed by atoms with Crippen molar-refractivity contribution in [2.75, 3.05) is 12.8 Å². The SMILES string of the molecule is Cc1ncn2ccnc2c1C(=O)N[C@@H](C)c1cc2cccc(C#CCNS(C)(=O)=O)c2c(=O)n1-c1ccccc1. The molecule has 2 aromatic carbocycles. The number of carbonyl (C=O) groups excluding carboxylic acids is 1. The number of pyridine rings is 1. The third-order valence-corrected chi connectivity index (χ3v) is 7.05. The molecule has 3 heterocycles. The van der Waals surface area contributed by atoms with E-state index in [-0.39, 0.29) is 18.0 Å². The predicted octanol–water partition coefficient (Wildman–Crippen LogP) is 2.73. The lowest BCUT2D eigenvalue weighted by Crippen LogP contribution is -2.33. The van der Waals surface area contributed by atoms with Crippen LogP contribution in [0.1, 0.15) is 40.3 Å². The quantitative estimate of drug-likeness (QED) is 0.311. The number of nitrogens with one attached hydrogen (secondary N) is 2. The highest BCUT2D eigenvalue weighted by atomic mass is 32.2. The van der Waals surface area contributed by atoms with Gasteiger partial charge in [0.1, 0.15) is 11.9 Å². The van der Waals surface area contributed by atoms with E-state index >= 15 is 0 Å². The Kier molecular flexibility index (Phi) is 7.21. The summed E-state index contributed by atoms with van der Waals surface area (Å²) in [6, 6.07) is 15.7. The van der Waals surface area contributed by atoms with Gasteiger partial charge in [-0.1, -0.05) is 42.2 Å². The molecule has 0 radical (unpaired) electrons. The van der Waals surface area contributed by atoms with E-state index in [4.69, 9.17) is 0 Å². The van der Waals surface area contributed by atoms with Gasteiger partial charge >= 0.3 is 0 Å². The van der Waals surface area contributed by atoms with Gasteiger partial charge in [0.2, 0.25) is 10.0 Å². The number of benzene rings is 2. The maximum atomic E-state index is 14.1. The minimum atomic E-state index is -3.39. The average molecular weight is 555 g/mol. The molecule has 1 atom stereocenters. The van der Waals surface area contributed by atoms with Crippen molar-refractivity contribution < 1.29 is 13.2 Å². The van der Waals surface area contributed by atoms with Crippen LogP contribution in [0.5, 0.6) is 0 Å². The number of amides is 1. The molecule has 0 aliphatic rings. The summed E-state index contributed by atoms with van der Waals surface area (Å²) in [4.78, 5) is 36.2. The smallest absolute Gasteiger partial charge is 0.264 e. The van der Waals surface area contributed by atoms with E-state index in [1.807, 2.05) is 49.4 Å². The summed E-state index contributed by atoms with van der Waals surface area (Å²) in [7, 11) is -3.39. The van der Waals surface area contributed by atoms with E-state index in [0.717, 1.165) is 6.26 Å². The van der Waals surface area contributed by atoms with E-state index in [2.05, 4.69) is 31.8 Å². The molecule has 0 aliphatic heterocycles. The first kappa shape index (κ1) is 26.8. The summed E-state index contributed by atoms with van der Waals surface area (Å²) in [5.74, 6) is 5.34. The van der Waals surface area contributed by atoms with Crippen LogP contribution in [0, 0.1) is 18.8 Å². The maximum absolute atomic E-state index is 14.1. The van der Waals surface area contributed by atoms with Gasteiger partial charge in [-0.15, -0.1) is 0 Å². The lowest BCUT2D eigenvalue weighted by atomic mass is 10.0. The Morgan fingerprint density at radius 3 is 2.62 bits per heavy atom. The molecular weight excluding hydrogens is 528 g/mol. The number of fused-ring (bicyclic) bond motifs is 2. The van der Waals surface area contributed by atoms with Gasteiger partial charge in [-0.2, -0.15) is 0 Å². The van der Waals surface area contributed by atoms with Gasteiger partial charge in [0.05, 0.1) is 29.9 Å². The van der Waals surface area contributed by atoms with Crippen molar-refractivity contribution in [2.45, 2.75) is 19.9 Å². The molecule has 2 N–H and O–H groups in total. The van der Waals surface area contributed by atoms with Gasteiger partial charge in [-0.05, 0) is 43.5 Å². The van der Waals surface area contributed by atoms with E-state index in [1.165, 1.54) is 0 Å². The van der Waals surface area contributed by atoms with Crippen molar-refractivity contribution in [3.63, 3.8) is 0 Å². The number of carbonyl (C=O) groups is 1. The molecule has 0 bridgehead atoms. The Morgan fingerprint density at radius 1 is 1.10 bits per heavy atom. The number of rotatable bonds is 6. The highest BCUT2D eigenvalue weighted by molar-refractivity contribution is 7.88. The minimum absolute atomic E-state index is 0.0825. The average Bonchev–Trinajstić information content (AvgIpc) is 3.39. The van der Waals surface area contributed by atoms with Crippen LogP contribution in [0.4, 0.5) is 0 Å². The summed E-state index contributed by atoms with van der Waals surface area (Å²) in [5, 5.41) is 4.06. The summed E-state index contributed by atoms with van der Waals surface area (Å²) in [6.45, 7) is 3.48. The number of hydrogen-bond donors (Lipinski definition) is 2.